The molecule has 1 amide bonds. The van der Waals surface area contributed by atoms with Crippen LogP contribution in [0.1, 0.15) is 62.8 Å². The highest BCUT2D eigenvalue weighted by Crippen LogP contribution is 2.41. The number of benzene rings is 2. The first-order valence-electron chi connectivity index (χ1n) is 12.8. The topological polar surface area (TPSA) is 48.0 Å². The molecule has 0 saturated heterocycles. The molecule has 0 aromatic heterocycles. The van der Waals surface area contributed by atoms with Crippen molar-refractivity contribution in [2.24, 2.45) is 17.8 Å². The maximum Gasteiger partial charge on any atom is 0.410 e. The van der Waals surface area contributed by atoms with E-state index in [1.54, 1.807) is 14.2 Å². The van der Waals surface area contributed by atoms with Gasteiger partial charge in [-0.15, -0.1) is 0 Å². The lowest BCUT2D eigenvalue weighted by molar-refractivity contribution is -0.0167. The number of amides is 1. The van der Waals surface area contributed by atoms with Crippen molar-refractivity contribution in [3.05, 3.63) is 57.6 Å². The van der Waals surface area contributed by atoms with Crippen LogP contribution in [0.3, 0.4) is 0 Å². The van der Waals surface area contributed by atoms with Crippen LogP contribution in [0.15, 0.2) is 40.9 Å². The minimum Gasteiger partial charge on any atom is -0.493 e. The van der Waals surface area contributed by atoms with Gasteiger partial charge in [-0.1, -0.05) is 55.3 Å². The highest BCUT2D eigenvalue weighted by molar-refractivity contribution is 9.10. The van der Waals surface area contributed by atoms with Crippen molar-refractivity contribution in [1.82, 2.24) is 4.90 Å². The largest absolute Gasteiger partial charge is 0.493 e. The van der Waals surface area contributed by atoms with Gasteiger partial charge in [0.2, 0.25) is 0 Å². The van der Waals surface area contributed by atoms with Crippen molar-refractivity contribution in [3.8, 4) is 11.5 Å². The lowest BCUT2D eigenvalue weighted by atomic mass is 9.75. The van der Waals surface area contributed by atoms with Crippen molar-refractivity contribution in [2.75, 3.05) is 20.8 Å². The summed E-state index contributed by atoms with van der Waals surface area (Å²) in [5.41, 5.74) is 3.47. The number of halogens is 1. The maximum absolute atomic E-state index is 13.7. The van der Waals surface area contributed by atoms with Crippen LogP contribution in [-0.2, 0) is 17.6 Å². The third kappa shape index (κ3) is 5.79. The molecule has 5 nitrogen and oxygen atoms in total. The van der Waals surface area contributed by atoms with Crippen LogP contribution in [-0.4, -0.2) is 37.9 Å². The van der Waals surface area contributed by atoms with E-state index in [0.29, 0.717) is 36.5 Å². The van der Waals surface area contributed by atoms with Gasteiger partial charge in [0.25, 0.3) is 0 Å². The normalized spacial score (nSPS) is 24.1. The first kappa shape index (κ1) is 25.9. The number of nitrogens with zero attached hydrogens (tertiary/aromatic N) is 1. The van der Waals surface area contributed by atoms with Gasteiger partial charge in [0.1, 0.15) is 6.10 Å². The number of hydrogen-bond acceptors (Lipinski definition) is 4. The summed E-state index contributed by atoms with van der Waals surface area (Å²) in [4.78, 5) is 15.7. The zero-order valence-electron chi connectivity index (χ0n) is 21.6. The van der Waals surface area contributed by atoms with Crippen molar-refractivity contribution in [3.63, 3.8) is 0 Å². The van der Waals surface area contributed by atoms with Crippen LogP contribution >= 0.6 is 15.9 Å². The molecule has 2 aliphatic rings. The summed E-state index contributed by atoms with van der Waals surface area (Å²) >= 11 is 3.53. The van der Waals surface area contributed by atoms with E-state index in [2.05, 4.69) is 54.9 Å². The van der Waals surface area contributed by atoms with Gasteiger partial charge < -0.3 is 19.1 Å². The van der Waals surface area contributed by atoms with Crippen LogP contribution in [0.25, 0.3) is 0 Å². The van der Waals surface area contributed by atoms with Crippen LogP contribution in [0.5, 0.6) is 11.5 Å². The van der Waals surface area contributed by atoms with E-state index in [0.717, 1.165) is 35.0 Å². The standard InChI is InChI=1S/C29H38BrNO4/c1-18(2)23-11-6-19(3)14-26(23)35-29(32)31-13-12-21-16-27(33-4)28(34-5)17-24(21)25(31)15-20-7-9-22(30)10-8-20/h7-10,16-19,23,25-26H,6,11-15H2,1-5H3/t19-,23+,25-,26-/m0/s1. The molecule has 1 aliphatic carbocycles. The molecule has 1 heterocycles. The fourth-order valence-corrected chi connectivity index (χ4v) is 6.02. The molecule has 2 aromatic carbocycles. The molecule has 1 aliphatic heterocycles. The summed E-state index contributed by atoms with van der Waals surface area (Å²) in [6.45, 7) is 7.38. The lowest BCUT2D eigenvalue weighted by Gasteiger charge is -2.41. The average molecular weight is 545 g/mol. The number of carbonyl (C=O) groups excluding carboxylic acids is 1. The highest BCUT2D eigenvalue weighted by atomic mass is 79.9. The molecule has 1 fully saturated rings. The Morgan fingerprint density at radius 2 is 1.77 bits per heavy atom. The van der Waals surface area contributed by atoms with E-state index in [4.69, 9.17) is 14.2 Å². The molecule has 190 valence electrons. The summed E-state index contributed by atoms with van der Waals surface area (Å²) in [6, 6.07) is 12.3. The van der Waals surface area contributed by atoms with E-state index in [1.165, 1.54) is 17.5 Å². The Morgan fingerprint density at radius 1 is 1.09 bits per heavy atom. The molecule has 0 unspecified atom stereocenters. The van der Waals surface area contributed by atoms with Crippen molar-refractivity contribution in [2.45, 2.75) is 65.0 Å². The Labute approximate surface area is 218 Å². The minimum atomic E-state index is -0.197. The van der Waals surface area contributed by atoms with Gasteiger partial charge >= 0.3 is 6.09 Å². The third-order valence-electron chi connectivity index (χ3n) is 7.79. The second kappa shape index (κ2) is 11.2. The molecule has 4 atom stereocenters. The first-order valence-corrected chi connectivity index (χ1v) is 13.6. The van der Waals surface area contributed by atoms with E-state index in [9.17, 15) is 4.79 Å². The Kier molecular flexibility index (Phi) is 8.31. The van der Waals surface area contributed by atoms with E-state index >= 15 is 0 Å². The molecule has 0 N–H and O–H groups in total. The molecule has 0 bridgehead atoms. The van der Waals surface area contributed by atoms with Gasteiger partial charge in [-0.25, -0.2) is 4.79 Å². The fraction of sp³-hybridized carbons (Fsp3) is 0.552. The monoisotopic (exact) mass is 543 g/mol. The third-order valence-corrected chi connectivity index (χ3v) is 8.32. The van der Waals surface area contributed by atoms with Gasteiger partial charge in [0.15, 0.2) is 11.5 Å². The summed E-state index contributed by atoms with van der Waals surface area (Å²) in [5, 5.41) is 0. The molecule has 6 heteroatoms. The second-order valence-corrected chi connectivity index (χ2v) is 11.4. The van der Waals surface area contributed by atoms with Crippen LogP contribution < -0.4 is 9.47 Å². The number of hydrogen-bond donors (Lipinski definition) is 0. The van der Waals surface area contributed by atoms with Crippen molar-refractivity contribution >= 4 is 22.0 Å². The average Bonchev–Trinajstić information content (AvgIpc) is 2.84. The molecule has 35 heavy (non-hydrogen) atoms. The van der Waals surface area contributed by atoms with Gasteiger partial charge in [0, 0.05) is 11.0 Å². The summed E-state index contributed by atoms with van der Waals surface area (Å²) in [5.74, 6) is 2.91. The number of ether oxygens (including phenoxy) is 3. The first-order chi connectivity index (χ1) is 16.8. The SMILES string of the molecule is COc1cc2c(cc1OC)[C@H](Cc1ccc(Br)cc1)N(C(=O)O[C@H]1C[C@@H](C)CC[C@@H]1C(C)C)CC2. The summed E-state index contributed by atoms with van der Waals surface area (Å²) in [6.07, 6.45) is 4.53. The van der Waals surface area contributed by atoms with Gasteiger partial charge in [0.05, 0.1) is 20.3 Å². The Balaban J connectivity index is 1.65. The fourth-order valence-electron chi connectivity index (χ4n) is 5.76. The number of carbonyl (C=O) groups is 1. The Morgan fingerprint density at radius 3 is 2.43 bits per heavy atom. The van der Waals surface area contributed by atoms with Gasteiger partial charge in [-0.05, 0) is 84.4 Å². The summed E-state index contributed by atoms with van der Waals surface area (Å²) in [7, 11) is 3.31. The highest BCUT2D eigenvalue weighted by Gasteiger charge is 2.38. The molecular formula is C29H38BrNO4. The zero-order chi connectivity index (χ0) is 25.1. The Bertz CT molecular complexity index is 1020. The maximum atomic E-state index is 13.7. The molecule has 2 aromatic rings. The lowest BCUT2D eigenvalue weighted by Crippen LogP contribution is -2.45. The minimum absolute atomic E-state index is 0.0219. The zero-order valence-corrected chi connectivity index (χ0v) is 23.1. The van der Waals surface area contributed by atoms with Crippen LogP contribution in [0.2, 0.25) is 0 Å². The smallest absolute Gasteiger partial charge is 0.410 e. The number of methoxy groups -OCH3 is 2. The van der Waals surface area contributed by atoms with Crippen molar-refractivity contribution < 1.29 is 19.0 Å². The summed E-state index contributed by atoms with van der Waals surface area (Å²) < 4.78 is 18.5. The van der Waals surface area contributed by atoms with E-state index < -0.39 is 0 Å². The van der Waals surface area contributed by atoms with Crippen molar-refractivity contribution in [1.29, 1.82) is 0 Å². The molecular weight excluding hydrogens is 506 g/mol. The Hall–Kier alpha value is -2.21. The van der Waals surface area contributed by atoms with E-state index in [1.807, 2.05) is 23.1 Å². The molecule has 4 rings (SSSR count). The second-order valence-electron chi connectivity index (χ2n) is 10.4. The predicted octanol–water partition coefficient (Wildman–Crippen LogP) is 7.21. The predicted molar refractivity (Wildman–Crippen MR) is 142 cm³/mol. The number of fused-ring (bicyclic) bond motifs is 1. The van der Waals surface area contributed by atoms with Crippen LogP contribution in [0, 0.1) is 17.8 Å². The molecule has 0 radical (unpaired) electrons. The number of rotatable bonds is 6. The van der Waals surface area contributed by atoms with Gasteiger partial charge in [-0.2, -0.15) is 0 Å². The van der Waals surface area contributed by atoms with Crippen LogP contribution in [0.4, 0.5) is 4.79 Å². The molecule has 0 spiro atoms. The van der Waals surface area contributed by atoms with Gasteiger partial charge in [-0.3, -0.25) is 0 Å². The quantitative estimate of drug-likeness (QED) is 0.386. The molecule has 1 saturated carbocycles. The van der Waals surface area contributed by atoms with E-state index in [-0.39, 0.29) is 18.2 Å².